The van der Waals surface area contributed by atoms with E-state index in [-0.39, 0.29) is 0 Å². The van der Waals surface area contributed by atoms with Crippen molar-refractivity contribution in [3.63, 3.8) is 0 Å². The predicted octanol–water partition coefficient (Wildman–Crippen LogP) is 2.29. The van der Waals surface area contributed by atoms with Gasteiger partial charge in [-0.3, -0.25) is 4.98 Å². The lowest BCUT2D eigenvalue weighted by atomic mass is 10.0. The minimum absolute atomic E-state index is 0.561. The van der Waals surface area contributed by atoms with Crippen molar-refractivity contribution in [2.24, 2.45) is 0 Å². The highest BCUT2D eigenvalue weighted by Crippen LogP contribution is 2.21. The third kappa shape index (κ3) is 2.28. The molecule has 1 aliphatic rings. The van der Waals surface area contributed by atoms with E-state index in [1.807, 2.05) is 12.4 Å². The Kier molecular flexibility index (Phi) is 2.93. The first kappa shape index (κ1) is 8.70. The molecule has 1 aromatic rings. The number of rotatable bonds is 1. The second-order valence-corrected chi connectivity index (χ2v) is 3.64. The van der Waals surface area contributed by atoms with Gasteiger partial charge in [-0.15, -0.1) is 0 Å². The van der Waals surface area contributed by atoms with E-state index in [4.69, 9.17) is 0 Å². The van der Waals surface area contributed by atoms with Gasteiger partial charge in [0.15, 0.2) is 0 Å². The minimum atomic E-state index is 0.561. The van der Waals surface area contributed by atoms with Crippen molar-refractivity contribution >= 4 is 0 Å². The smallest absolute Gasteiger partial charge is 0.0321 e. The molecule has 0 spiro atoms. The maximum Gasteiger partial charge on any atom is 0.0321 e. The lowest BCUT2D eigenvalue weighted by molar-refractivity contribution is 0.534. The van der Waals surface area contributed by atoms with Gasteiger partial charge in [-0.2, -0.15) is 0 Å². The van der Waals surface area contributed by atoms with Crippen LogP contribution in [-0.4, -0.2) is 11.5 Å². The zero-order valence-corrected chi connectivity index (χ0v) is 7.87. The van der Waals surface area contributed by atoms with Crippen LogP contribution in [0.25, 0.3) is 0 Å². The number of hydrogen-bond acceptors (Lipinski definition) is 2. The molecule has 1 unspecified atom stereocenters. The average Bonchev–Trinajstić information content (AvgIpc) is 2.47. The molecule has 0 saturated carbocycles. The quantitative estimate of drug-likeness (QED) is 0.710. The summed E-state index contributed by atoms with van der Waals surface area (Å²) in [5.41, 5.74) is 1.39. The Morgan fingerprint density at radius 2 is 2.00 bits per heavy atom. The van der Waals surface area contributed by atoms with Gasteiger partial charge in [0.25, 0.3) is 0 Å². The fourth-order valence-electron chi connectivity index (χ4n) is 1.91. The molecule has 2 nitrogen and oxygen atoms in total. The summed E-state index contributed by atoms with van der Waals surface area (Å²) in [5, 5.41) is 3.57. The van der Waals surface area contributed by atoms with Crippen LogP contribution in [0, 0.1) is 0 Å². The van der Waals surface area contributed by atoms with E-state index < -0.39 is 0 Å². The van der Waals surface area contributed by atoms with Gasteiger partial charge in [0, 0.05) is 18.4 Å². The Morgan fingerprint density at radius 1 is 1.15 bits per heavy atom. The first-order valence-electron chi connectivity index (χ1n) is 5.10. The molecule has 1 aliphatic heterocycles. The molecule has 1 N–H and O–H groups in total. The second kappa shape index (κ2) is 4.38. The lowest BCUT2D eigenvalue weighted by Gasteiger charge is -2.15. The SMILES string of the molecule is c1cc(C2CCCCCN2)ccn1. The molecule has 1 atom stereocenters. The van der Waals surface area contributed by atoms with Crippen molar-refractivity contribution in [2.45, 2.75) is 31.7 Å². The number of pyridine rings is 1. The van der Waals surface area contributed by atoms with Gasteiger partial charge in [-0.05, 0) is 37.1 Å². The van der Waals surface area contributed by atoms with Gasteiger partial charge >= 0.3 is 0 Å². The zero-order valence-electron chi connectivity index (χ0n) is 7.87. The third-order valence-electron chi connectivity index (χ3n) is 2.67. The monoisotopic (exact) mass is 176 g/mol. The molecular formula is C11H16N2. The first-order valence-corrected chi connectivity index (χ1v) is 5.10. The summed E-state index contributed by atoms with van der Waals surface area (Å²) in [5.74, 6) is 0. The first-order chi connectivity index (χ1) is 6.47. The average molecular weight is 176 g/mol. The summed E-state index contributed by atoms with van der Waals surface area (Å²) in [6.07, 6.45) is 9.06. The van der Waals surface area contributed by atoms with E-state index in [1.165, 1.54) is 31.2 Å². The van der Waals surface area contributed by atoms with E-state index >= 15 is 0 Å². The molecule has 0 bridgehead atoms. The van der Waals surface area contributed by atoms with Gasteiger partial charge in [-0.25, -0.2) is 0 Å². The van der Waals surface area contributed by atoms with E-state index in [0.717, 1.165) is 6.54 Å². The molecule has 1 aromatic heterocycles. The summed E-state index contributed by atoms with van der Waals surface area (Å²) < 4.78 is 0. The number of hydrogen-bond donors (Lipinski definition) is 1. The highest BCUT2D eigenvalue weighted by atomic mass is 14.9. The molecule has 2 heterocycles. The van der Waals surface area contributed by atoms with Crippen LogP contribution in [0.4, 0.5) is 0 Å². The standard InChI is InChI=1S/C11H16N2/c1-2-4-11(13-7-3-1)10-5-8-12-9-6-10/h5-6,8-9,11,13H,1-4,7H2. The van der Waals surface area contributed by atoms with Crippen molar-refractivity contribution in [3.05, 3.63) is 30.1 Å². The Bertz CT molecular complexity index is 238. The molecule has 0 aliphatic carbocycles. The van der Waals surface area contributed by atoms with Gasteiger partial charge in [0.2, 0.25) is 0 Å². The van der Waals surface area contributed by atoms with Gasteiger partial charge < -0.3 is 5.32 Å². The molecule has 2 rings (SSSR count). The third-order valence-corrected chi connectivity index (χ3v) is 2.67. The summed E-state index contributed by atoms with van der Waals surface area (Å²) in [7, 11) is 0. The fraction of sp³-hybridized carbons (Fsp3) is 0.545. The number of aromatic nitrogens is 1. The fourth-order valence-corrected chi connectivity index (χ4v) is 1.91. The molecular weight excluding hydrogens is 160 g/mol. The molecule has 1 saturated heterocycles. The highest BCUT2D eigenvalue weighted by molar-refractivity contribution is 5.14. The van der Waals surface area contributed by atoms with Crippen LogP contribution in [0.15, 0.2) is 24.5 Å². The predicted molar refractivity (Wildman–Crippen MR) is 53.4 cm³/mol. The summed E-state index contributed by atoms with van der Waals surface area (Å²) in [6, 6.07) is 4.79. The Balaban J connectivity index is 2.06. The molecule has 2 heteroatoms. The Hall–Kier alpha value is -0.890. The highest BCUT2D eigenvalue weighted by Gasteiger charge is 2.12. The van der Waals surface area contributed by atoms with Gasteiger partial charge in [0.05, 0.1) is 0 Å². The largest absolute Gasteiger partial charge is 0.310 e. The van der Waals surface area contributed by atoms with Crippen molar-refractivity contribution in [1.82, 2.24) is 10.3 Å². The molecule has 70 valence electrons. The maximum absolute atomic E-state index is 4.04. The van der Waals surface area contributed by atoms with E-state index in [2.05, 4.69) is 22.4 Å². The van der Waals surface area contributed by atoms with Crippen molar-refractivity contribution in [2.75, 3.05) is 6.54 Å². The maximum atomic E-state index is 4.04. The molecule has 1 fully saturated rings. The van der Waals surface area contributed by atoms with Crippen LogP contribution >= 0.6 is 0 Å². The van der Waals surface area contributed by atoms with Crippen LogP contribution in [0.2, 0.25) is 0 Å². The molecule has 13 heavy (non-hydrogen) atoms. The van der Waals surface area contributed by atoms with Crippen molar-refractivity contribution in [3.8, 4) is 0 Å². The van der Waals surface area contributed by atoms with Crippen LogP contribution in [-0.2, 0) is 0 Å². The van der Waals surface area contributed by atoms with Crippen LogP contribution in [0.1, 0.15) is 37.3 Å². The molecule has 0 radical (unpaired) electrons. The summed E-state index contributed by atoms with van der Waals surface area (Å²) in [4.78, 5) is 4.04. The summed E-state index contributed by atoms with van der Waals surface area (Å²) >= 11 is 0. The van der Waals surface area contributed by atoms with Gasteiger partial charge in [0.1, 0.15) is 0 Å². The van der Waals surface area contributed by atoms with Crippen molar-refractivity contribution in [1.29, 1.82) is 0 Å². The lowest BCUT2D eigenvalue weighted by Crippen LogP contribution is -2.20. The Morgan fingerprint density at radius 3 is 2.85 bits per heavy atom. The van der Waals surface area contributed by atoms with Crippen LogP contribution in [0.5, 0.6) is 0 Å². The minimum Gasteiger partial charge on any atom is -0.310 e. The van der Waals surface area contributed by atoms with E-state index in [1.54, 1.807) is 0 Å². The van der Waals surface area contributed by atoms with Gasteiger partial charge in [-0.1, -0.05) is 12.8 Å². The molecule has 0 aromatic carbocycles. The van der Waals surface area contributed by atoms with Crippen LogP contribution < -0.4 is 5.32 Å². The van der Waals surface area contributed by atoms with Crippen molar-refractivity contribution < 1.29 is 0 Å². The van der Waals surface area contributed by atoms with E-state index in [0.29, 0.717) is 6.04 Å². The second-order valence-electron chi connectivity index (χ2n) is 3.64. The van der Waals surface area contributed by atoms with E-state index in [9.17, 15) is 0 Å². The summed E-state index contributed by atoms with van der Waals surface area (Å²) in [6.45, 7) is 1.16. The normalized spacial score (nSPS) is 23.8. The van der Waals surface area contributed by atoms with Crippen LogP contribution in [0.3, 0.4) is 0 Å². The zero-order chi connectivity index (χ0) is 8.93. The topological polar surface area (TPSA) is 24.9 Å². The number of nitrogens with zero attached hydrogens (tertiary/aromatic N) is 1. The molecule has 0 amide bonds. The number of nitrogens with one attached hydrogen (secondary N) is 1. The Labute approximate surface area is 79.4 Å².